The number of para-hydroxylation sites is 1. The maximum atomic E-state index is 12.5. The van der Waals surface area contributed by atoms with Crippen LogP contribution < -0.4 is 20.9 Å². The van der Waals surface area contributed by atoms with Crippen molar-refractivity contribution in [2.24, 2.45) is 4.99 Å². The van der Waals surface area contributed by atoms with E-state index in [1.54, 1.807) is 4.90 Å². The molecule has 0 spiro atoms. The third kappa shape index (κ3) is 8.32. The summed E-state index contributed by atoms with van der Waals surface area (Å²) >= 11 is 0. The van der Waals surface area contributed by atoms with Crippen molar-refractivity contribution >= 4 is 53.1 Å². The summed E-state index contributed by atoms with van der Waals surface area (Å²) in [5.41, 5.74) is 2.65. The summed E-state index contributed by atoms with van der Waals surface area (Å²) in [5, 5.41) is 9.55. The summed E-state index contributed by atoms with van der Waals surface area (Å²) in [5.74, 6) is 0.715. The highest BCUT2D eigenvalue weighted by atomic mass is 127. The number of nitrogens with zero attached hydrogens (tertiary/aromatic N) is 3. The molecule has 2 aromatic rings. The molecule has 1 aliphatic heterocycles. The van der Waals surface area contributed by atoms with Crippen LogP contribution in [-0.4, -0.2) is 62.4 Å². The van der Waals surface area contributed by atoms with E-state index in [-0.39, 0.29) is 41.8 Å². The van der Waals surface area contributed by atoms with Crippen LogP contribution in [-0.2, 0) is 16.1 Å². The summed E-state index contributed by atoms with van der Waals surface area (Å²) in [4.78, 5) is 32.8. The average molecular weight is 564 g/mol. The summed E-state index contributed by atoms with van der Waals surface area (Å²) in [6.07, 6.45) is 0.423. The molecule has 3 N–H and O–H groups in total. The number of anilines is 2. The van der Waals surface area contributed by atoms with Gasteiger partial charge >= 0.3 is 0 Å². The number of rotatable bonds is 8. The summed E-state index contributed by atoms with van der Waals surface area (Å²) in [6, 6.07) is 17.4. The molecule has 9 heteroatoms. The Bertz CT molecular complexity index is 951. The van der Waals surface area contributed by atoms with Crippen molar-refractivity contribution in [2.75, 3.05) is 43.9 Å². The number of nitrogens with one attached hydrogen (secondary N) is 3. The Kier molecular flexibility index (Phi) is 10.6. The summed E-state index contributed by atoms with van der Waals surface area (Å²) < 4.78 is 0. The number of carbonyl (C=O) groups is 2. The van der Waals surface area contributed by atoms with Crippen LogP contribution >= 0.6 is 24.0 Å². The van der Waals surface area contributed by atoms with E-state index in [1.165, 1.54) is 0 Å². The molecule has 3 rings (SSSR count). The molecule has 1 unspecified atom stereocenters. The zero-order valence-electron chi connectivity index (χ0n) is 19.4. The first-order chi connectivity index (χ1) is 15.4. The fraction of sp³-hybridized carbons (Fsp3) is 0.375. The van der Waals surface area contributed by atoms with Crippen LogP contribution in [0.4, 0.5) is 11.4 Å². The molecule has 0 saturated carbocycles. The predicted octanol–water partition coefficient (Wildman–Crippen LogP) is 2.67. The lowest BCUT2D eigenvalue weighted by atomic mass is 10.2. The van der Waals surface area contributed by atoms with Crippen LogP contribution in [0, 0.1) is 0 Å². The monoisotopic (exact) mass is 564 g/mol. The Hall–Kier alpha value is -2.66. The number of hydrogen-bond acceptors (Lipinski definition) is 4. The normalized spacial score (nSPS) is 15.9. The standard InChI is InChI=1S/C24H32N6O2.HI/c1-4-25-24(28-20-14-23(32)30(16-20)21-11-6-5-7-12-21)26-15-18-9-8-10-19(13-18)27-22(31)17-29(2)3;/h5-13,20H,4,14-17H2,1-3H3,(H,27,31)(H2,25,26,28);1H. The SMILES string of the molecule is CCNC(=NCc1cccc(NC(=O)CN(C)C)c1)NC1CC(=O)N(c2ccccc2)C1.I. The molecule has 1 aliphatic rings. The van der Waals surface area contributed by atoms with Crippen molar-refractivity contribution in [2.45, 2.75) is 25.9 Å². The van der Waals surface area contributed by atoms with E-state index >= 15 is 0 Å². The van der Waals surface area contributed by atoms with Gasteiger partial charge in [0.15, 0.2) is 5.96 Å². The lowest BCUT2D eigenvalue weighted by Crippen LogP contribution is -2.44. The second kappa shape index (κ2) is 13.1. The molecule has 0 radical (unpaired) electrons. The largest absolute Gasteiger partial charge is 0.357 e. The van der Waals surface area contributed by atoms with Gasteiger partial charge in [-0.25, -0.2) is 4.99 Å². The van der Waals surface area contributed by atoms with Gasteiger partial charge < -0.3 is 25.8 Å². The fourth-order valence-corrected chi connectivity index (χ4v) is 3.58. The average Bonchev–Trinajstić information content (AvgIpc) is 3.12. The quantitative estimate of drug-likeness (QED) is 0.261. The van der Waals surface area contributed by atoms with Crippen molar-refractivity contribution < 1.29 is 9.59 Å². The van der Waals surface area contributed by atoms with E-state index in [9.17, 15) is 9.59 Å². The maximum absolute atomic E-state index is 12.5. The minimum atomic E-state index is -0.0560. The van der Waals surface area contributed by atoms with E-state index in [1.807, 2.05) is 80.5 Å². The van der Waals surface area contributed by atoms with Gasteiger partial charge in [-0.05, 0) is 50.8 Å². The molecule has 1 atom stereocenters. The number of guanidine groups is 1. The number of likely N-dealkylation sites (N-methyl/N-ethyl adjacent to an activating group) is 1. The molecule has 1 fully saturated rings. The molecular weight excluding hydrogens is 531 g/mol. The molecule has 2 aromatic carbocycles. The topological polar surface area (TPSA) is 89.1 Å². The lowest BCUT2D eigenvalue weighted by molar-refractivity contribution is -0.117. The van der Waals surface area contributed by atoms with E-state index in [4.69, 9.17) is 0 Å². The molecule has 2 amide bonds. The molecule has 1 saturated heterocycles. The highest BCUT2D eigenvalue weighted by Gasteiger charge is 2.31. The van der Waals surface area contributed by atoms with Crippen LogP contribution in [0.5, 0.6) is 0 Å². The first-order valence-corrected chi connectivity index (χ1v) is 10.9. The Morgan fingerprint density at radius 2 is 1.91 bits per heavy atom. The van der Waals surface area contributed by atoms with E-state index in [2.05, 4.69) is 20.9 Å². The third-order valence-corrected chi connectivity index (χ3v) is 4.97. The first-order valence-electron chi connectivity index (χ1n) is 10.9. The number of hydrogen-bond donors (Lipinski definition) is 3. The van der Waals surface area contributed by atoms with Crippen molar-refractivity contribution in [3.63, 3.8) is 0 Å². The molecule has 178 valence electrons. The van der Waals surface area contributed by atoms with Crippen LogP contribution in [0.25, 0.3) is 0 Å². The second-order valence-electron chi connectivity index (χ2n) is 8.07. The van der Waals surface area contributed by atoms with Crippen LogP contribution in [0.3, 0.4) is 0 Å². The van der Waals surface area contributed by atoms with Gasteiger partial charge in [0, 0.05) is 30.9 Å². The van der Waals surface area contributed by atoms with Crippen LogP contribution in [0.2, 0.25) is 0 Å². The highest BCUT2D eigenvalue weighted by Crippen LogP contribution is 2.21. The number of benzene rings is 2. The zero-order chi connectivity index (χ0) is 22.9. The molecule has 0 aliphatic carbocycles. The molecule has 33 heavy (non-hydrogen) atoms. The molecule has 8 nitrogen and oxygen atoms in total. The van der Waals surface area contributed by atoms with Gasteiger partial charge in [-0.2, -0.15) is 0 Å². The predicted molar refractivity (Wildman–Crippen MR) is 144 cm³/mol. The van der Waals surface area contributed by atoms with E-state index in [0.717, 1.165) is 23.5 Å². The van der Waals surface area contributed by atoms with Gasteiger partial charge in [-0.3, -0.25) is 9.59 Å². The summed E-state index contributed by atoms with van der Waals surface area (Å²) in [7, 11) is 3.72. The number of amides is 2. The molecule has 1 heterocycles. The zero-order valence-corrected chi connectivity index (χ0v) is 21.7. The summed E-state index contributed by atoms with van der Waals surface area (Å²) in [6.45, 7) is 4.11. The van der Waals surface area contributed by atoms with Crippen LogP contribution in [0.1, 0.15) is 18.9 Å². The van der Waals surface area contributed by atoms with E-state index < -0.39 is 0 Å². The van der Waals surface area contributed by atoms with Crippen molar-refractivity contribution in [3.05, 3.63) is 60.2 Å². The number of halogens is 1. The molecule has 0 bridgehead atoms. The van der Waals surface area contributed by atoms with Gasteiger partial charge in [0.1, 0.15) is 0 Å². The highest BCUT2D eigenvalue weighted by molar-refractivity contribution is 14.0. The smallest absolute Gasteiger partial charge is 0.238 e. The third-order valence-electron chi connectivity index (χ3n) is 4.97. The maximum Gasteiger partial charge on any atom is 0.238 e. The number of carbonyl (C=O) groups excluding carboxylic acids is 2. The Balaban J connectivity index is 0.00000385. The molecular formula is C24H33IN6O2. The van der Waals surface area contributed by atoms with Gasteiger partial charge in [-0.15, -0.1) is 24.0 Å². The van der Waals surface area contributed by atoms with Gasteiger partial charge in [0.2, 0.25) is 11.8 Å². The van der Waals surface area contributed by atoms with E-state index in [0.29, 0.717) is 32.0 Å². The van der Waals surface area contributed by atoms with Crippen LogP contribution in [0.15, 0.2) is 59.6 Å². The minimum Gasteiger partial charge on any atom is -0.357 e. The minimum absolute atomic E-state index is 0. The fourth-order valence-electron chi connectivity index (χ4n) is 3.58. The van der Waals surface area contributed by atoms with Gasteiger partial charge in [0.25, 0.3) is 0 Å². The number of aliphatic imine (C=N–C) groups is 1. The van der Waals surface area contributed by atoms with Crippen molar-refractivity contribution in [1.29, 1.82) is 0 Å². The first kappa shape index (κ1) is 26.6. The van der Waals surface area contributed by atoms with Crippen molar-refractivity contribution in [3.8, 4) is 0 Å². The van der Waals surface area contributed by atoms with Crippen molar-refractivity contribution in [1.82, 2.24) is 15.5 Å². The lowest BCUT2D eigenvalue weighted by Gasteiger charge is -2.19. The Morgan fingerprint density at radius 1 is 1.15 bits per heavy atom. The Morgan fingerprint density at radius 3 is 2.61 bits per heavy atom. The molecule has 0 aromatic heterocycles. The van der Waals surface area contributed by atoms with Gasteiger partial charge in [0.05, 0.1) is 19.1 Å². The second-order valence-corrected chi connectivity index (χ2v) is 8.07. The van der Waals surface area contributed by atoms with Gasteiger partial charge in [-0.1, -0.05) is 30.3 Å². The Labute approximate surface area is 212 Å².